The summed E-state index contributed by atoms with van der Waals surface area (Å²) in [6.45, 7) is -0.604. The van der Waals surface area contributed by atoms with Crippen LogP contribution in [0.1, 0.15) is 29.4 Å². The minimum atomic E-state index is -4.62. The molecule has 0 aromatic carbocycles. The van der Waals surface area contributed by atoms with Crippen LogP contribution in [-0.2, 0) is 14.3 Å². The lowest BCUT2D eigenvalue weighted by Crippen LogP contribution is -2.42. The Morgan fingerprint density at radius 2 is 2.04 bits per heavy atom. The number of thiophene rings is 1. The van der Waals surface area contributed by atoms with E-state index in [0.29, 0.717) is 9.78 Å². The lowest BCUT2D eigenvalue weighted by molar-refractivity contribution is -0.167. The van der Waals surface area contributed by atoms with Crippen molar-refractivity contribution in [3.63, 3.8) is 0 Å². The SMILES string of the molecule is CCOC(=O)CN(CC(F)(F)F)C(=O)CCCNC(=O)c1cccs1. The molecule has 6 nitrogen and oxygen atoms in total. The molecule has 0 spiro atoms. The van der Waals surface area contributed by atoms with Crippen LogP contribution >= 0.6 is 11.3 Å². The summed E-state index contributed by atoms with van der Waals surface area (Å²) in [6.07, 6.45) is -4.68. The number of amides is 2. The molecule has 1 aromatic heterocycles. The van der Waals surface area contributed by atoms with Crippen LogP contribution in [0.3, 0.4) is 0 Å². The van der Waals surface area contributed by atoms with E-state index >= 15 is 0 Å². The molecular weight excluding hydrogens is 361 g/mol. The minimum Gasteiger partial charge on any atom is -0.465 e. The van der Waals surface area contributed by atoms with E-state index in [9.17, 15) is 27.6 Å². The summed E-state index contributed by atoms with van der Waals surface area (Å²) < 4.78 is 42.2. The van der Waals surface area contributed by atoms with Crippen LogP contribution in [-0.4, -0.2) is 55.1 Å². The molecule has 0 atom stereocenters. The van der Waals surface area contributed by atoms with E-state index in [-0.39, 0.29) is 31.9 Å². The molecule has 0 aliphatic carbocycles. The van der Waals surface area contributed by atoms with Crippen molar-refractivity contribution in [1.82, 2.24) is 10.2 Å². The molecule has 140 valence electrons. The highest BCUT2D eigenvalue weighted by atomic mass is 32.1. The van der Waals surface area contributed by atoms with E-state index in [2.05, 4.69) is 10.1 Å². The van der Waals surface area contributed by atoms with Gasteiger partial charge in [-0.15, -0.1) is 11.3 Å². The highest BCUT2D eigenvalue weighted by molar-refractivity contribution is 7.12. The van der Waals surface area contributed by atoms with Crippen molar-refractivity contribution >= 4 is 29.1 Å². The maximum Gasteiger partial charge on any atom is 0.406 e. The third kappa shape index (κ3) is 8.52. The number of nitrogens with zero attached hydrogens (tertiary/aromatic N) is 1. The standard InChI is InChI=1S/C15H19F3N2O4S/c1-2-24-13(22)9-20(10-15(16,17)18)12(21)6-3-7-19-14(23)11-5-4-8-25-11/h4-5,8H,2-3,6-7,9-10H2,1H3,(H,19,23). The first-order valence-corrected chi connectivity index (χ1v) is 8.42. The molecule has 0 radical (unpaired) electrons. The molecule has 1 rings (SSSR count). The summed E-state index contributed by atoms with van der Waals surface area (Å²) in [7, 11) is 0. The molecule has 1 heterocycles. The summed E-state index contributed by atoms with van der Waals surface area (Å²) in [6, 6.07) is 3.35. The van der Waals surface area contributed by atoms with E-state index in [0.717, 1.165) is 0 Å². The molecule has 0 unspecified atom stereocenters. The molecule has 0 aliphatic heterocycles. The lowest BCUT2D eigenvalue weighted by atomic mass is 10.2. The zero-order valence-electron chi connectivity index (χ0n) is 13.6. The fourth-order valence-corrected chi connectivity index (χ4v) is 2.55. The van der Waals surface area contributed by atoms with Crippen LogP contribution in [0.5, 0.6) is 0 Å². The van der Waals surface area contributed by atoms with Crippen LogP contribution in [0, 0.1) is 0 Å². The minimum absolute atomic E-state index is 0.0155. The number of rotatable bonds is 9. The van der Waals surface area contributed by atoms with Crippen LogP contribution < -0.4 is 5.32 Å². The first-order chi connectivity index (χ1) is 11.7. The summed E-state index contributed by atoms with van der Waals surface area (Å²) in [5.41, 5.74) is 0. The quantitative estimate of drug-likeness (QED) is 0.527. The highest BCUT2D eigenvalue weighted by Crippen LogP contribution is 2.17. The number of hydrogen-bond acceptors (Lipinski definition) is 5. The molecule has 25 heavy (non-hydrogen) atoms. The maximum atomic E-state index is 12.6. The number of halogens is 3. The molecule has 2 amide bonds. The highest BCUT2D eigenvalue weighted by Gasteiger charge is 2.33. The first-order valence-electron chi connectivity index (χ1n) is 7.54. The van der Waals surface area contributed by atoms with E-state index in [1.807, 2.05) is 0 Å². The maximum absolute atomic E-state index is 12.6. The third-order valence-electron chi connectivity index (χ3n) is 2.95. The fourth-order valence-electron chi connectivity index (χ4n) is 1.91. The van der Waals surface area contributed by atoms with Gasteiger partial charge >= 0.3 is 12.1 Å². The molecular formula is C15H19F3N2O4S. The van der Waals surface area contributed by atoms with Gasteiger partial charge in [-0.1, -0.05) is 6.07 Å². The summed E-state index contributed by atoms with van der Waals surface area (Å²) >= 11 is 1.25. The molecule has 10 heteroatoms. The Morgan fingerprint density at radius 1 is 1.32 bits per heavy atom. The summed E-state index contributed by atoms with van der Waals surface area (Å²) in [4.78, 5) is 35.9. The van der Waals surface area contributed by atoms with Crippen LogP contribution in [0.25, 0.3) is 0 Å². The lowest BCUT2D eigenvalue weighted by Gasteiger charge is -2.23. The Hall–Kier alpha value is -2.10. The van der Waals surface area contributed by atoms with Gasteiger partial charge in [0.2, 0.25) is 5.91 Å². The van der Waals surface area contributed by atoms with Crippen molar-refractivity contribution in [3.8, 4) is 0 Å². The molecule has 0 saturated carbocycles. The number of carbonyl (C=O) groups is 3. The Labute approximate surface area is 146 Å². The van der Waals surface area contributed by atoms with Gasteiger partial charge in [0.25, 0.3) is 5.91 Å². The second-order valence-electron chi connectivity index (χ2n) is 5.01. The number of carbonyl (C=O) groups excluding carboxylic acids is 3. The Bertz CT molecular complexity index is 576. The van der Waals surface area contributed by atoms with Gasteiger partial charge in [-0.3, -0.25) is 14.4 Å². The van der Waals surface area contributed by atoms with E-state index < -0.39 is 31.1 Å². The molecule has 0 fully saturated rings. The van der Waals surface area contributed by atoms with E-state index in [1.165, 1.54) is 18.3 Å². The predicted octanol–water partition coefficient (Wildman–Crippen LogP) is 2.21. The second kappa shape index (κ2) is 10.0. The first kappa shape index (κ1) is 20.9. The molecule has 0 aliphatic rings. The van der Waals surface area contributed by atoms with Gasteiger partial charge in [-0.25, -0.2) is 0 Å². The Morgan fingerprint density at radius 3 is 2.60 bits per heavy atom. The smallest absolute Gasteiger partial charge is 0.406 e. The molecule has 1 aromatic rings. The number of esters is 1. The van der Waals surface area contributed by atoms with Gasteiger partial charge in [0.15, 0.2) is 0 Å². The van der Waals surface area contributed by atoms with Crippen LogP contribution in [0.2, 0.25) is 0 Å². The van der Waals surface area contributed by atoms with Crippen molar-refractivity contribution < 1.29 is 32.3 Å². The number of alkyl halides is 3. The molecule has 1 N–H and O–H groups in total. The van der Waals surface area contributed by atoms with E-state index in [1.54, 1.807) is 17.5 Å². The third-order valence-corrected chi connectivity index (χ3v) is 3.81. The fraction of sp³-hybridized carbons (Fsp3) is 0.533. The Kier molecular flexibility index (Phi) is 8.39. The monoisotopic (exact) mass is 380 g/mol. The number of hydrogen-bond donors (Lipinski definition) is 1. The van der Waals surface area contributed by atoms with Crippen molar-refractivity contribution in [3.05, 3.63) is 22.4 Å². The number of ether oxygens (including phenoxy) is 1. The largest absolute Gasteiger partial charge is 0.465 e. The van der Waals surface area contributed by atoms with E-state index in [4.69, 9.17) is 0 Å². The van der Waals surface area contributed by atoms with Gasteiger partial charge in [0.1, 0.15) is 13.1 Å². The van der Waals surface area contributed by atoms with Crippen LogP contribution in [0.15, 0.2) is 17.5 Å². The van der Waals surface area contributed by atoms with Crippen LogP contribution in [0.4, 0.5) is 13.2 Å². The second-order valence-corrected chi connectivity index (χ2v) is 5.95. The summed E-state index contributed by atoms with van der Waals surface area (Å²) in [5, 5.41) is 4.31. The number of nitrogens with one attached hydrogen (secondary N) is 1. The molecule has 0 saturated heterocycles. The Balaban J connectivity index is 2.45. The zero-order chi connectivity index (χ0) is 18.9. The van der Waals surface area contributed by atoms with Gasteiger partial charge in [-0.2, -0.15) is 13.2 Å². The van der Waals surface area contributed by atoms with Crippen molar-refractivity contribution in [2.45, 2.75) is 25.9 Å². The summed E-state index contributed by atoms with van der Waals surface area (Å²) in [5.74, 6) is -2.03. The van der Waals surface area contributed by atoms with Gasteiger partial charge in [0.05, 0.1) is 11.5 Å². The topological polar surface area (TPSA) is 75.7 Å². The van der Waals surface area contributed by atoms with Gasteiger partial charge < -0.3 is 15.0 Å². The van der Waals surface area contributed by atoms with Crippen molar-refractivity contribution in [2.75, 3.05) is 26.2 Å². The van der Waals surface area contributed by atoms with Crippen molar-refractivity contribution in [1.29, 1.82) is 0 Å². The predicted molar refractivity (Wildman–Crippen MR) is 85.2 cm³/mol. The average molecular weight is 380 g/mol. The average Bonchev–Trinajstić information content (AvgIpc) is 3.03. The molecule has 0 bridgehead atoms. The zero-order valence-corrected chi connectivity index (χ0v) is 14.4. The van der Waals surface area contributed by atoms with Gasteiger partial charge in [0, 0.05) is 13.0 Å². The van der Waals surface area contributed by atoms with Gasteiger partial charge in [-0.05, 0) is 24.8 Å². The normalized spacial score (nSPS) is 11.0. The van der Waals surface area contributed by atoms with Crippen molar-refractivity contribution in [2.24, 2.45) is 0 Å².